The van der Waals surface area contributed by atoms with Crippen LogP contribution in [0.4, 0.5) is 0 Å². The van der Waals surface area contributed by atoms with Gasteiger partial charge in [0.05, 0.1) is 18.8 Å². The summed E-state index contributed by atoms with van der Waals surface area (Å²) in [4.78, 5) is 9.00. The molecule has 5 aliphatic rings. The van der Waals surface area contributed by atoms with Crippen LogP contribution in [0.5, 0.6) is 0 Å². The molecule has 3 saturated carbocycles. The molecule has 7 heteroatoms. The zero-order valence-electron chi connectivity index (χ0n) is 22.2. The quantitative estimate of drug-likeness (QED) is 0.471. The molecule has 5 rings (SSSR count). The van der Waals surface area contributed by atoms with Crippen molar-refractivity contribution in [1.29, 1.82) is 0 Å². The summed E-state index contributed by atoms with van der Waals surface area (Å²) in [5, 5.41) is 27.8. The summed E-state index contributed by atoms with van der Waals surface area (Å²) in [5.41, 5.74) is 6.57. The molecule has 2 aliphatic heterocycles. The summed E-state index contributed by atoms with van der Waals surface area (Å²) in [6.45, 7) is 9.87. The predicted molar refractivity (Wildman–Crippen MR) is 133 cm³/mol. The number of ether oxygens (including phenoxy) is 2. The number of carboxylic acids is 1. The summed E-state index contributed by atoms with van der Waals surface area (Å²) in [7, 11) is 0. The van der Waals surface area contributed by atoms with Crippen LogP contribution in [0.1, 0.15) is 79.1 Å². The fourth-order valence-electron chi connectivity index (χ4n) is 9.09. The highest BCUT2D eigenvalue weighted by Crippen LogP contribution is 2.64. The van der Waals surface area contributed by atoms with Crippen LogP contribution in [0.3, 0.4) is 0 Å². The highest BCUT2D eigenvalue weighted by atomic mass is 16.7. The van der Waals surface area contributed by atoms with E-state index in [9.17, 15) is 10.2 Å². The van der Waals surface area contributed by atoms with E-state index in [2.05, 4.69) is 20.8 Å². The lowest BCUT2D eigenvalue weighted by Gasteiger charge is -2.55. The van der Waals surface area contributed by atoms with Crippen LogP contribution in [0.15, 0.2) is 0 Å². The predicted octanol–water partition coefficient (Wildman–Crippen LogP) is 3.65. The normalized spacial score (nSPS) is 51.3. The number of aliphatic hydroxyl groups excluding tert-OH is 2. The molecule has 2 saturated heterocycles. The Hall–Kier alpha value is -0.730. The molecule has 0 aromatic heterocycles. The van der Waals surface area contributed by atoms with Gasteiger partial charge in [0.25, 0.3) is 5.97 Å². The molecule has 0 amide bonds. The van der Waals surface area contributed by atoms with E-state index >= 15 is 0 Å². The van der Waals surface area contributed by atoms with E-state index in [1.54, 1.807) is 0 Å². The largest absolute Gasteiger partial charge is 0.481 e. The summed E-state index contributed by atoms with van der Waals surface area (Å²) in [6, 6.07) is 0. The van der Waals surface area contributed by atoms with Gasteiger partial charge in [-0.1, -0.05) is 20.8 Å². The Morgan fingerprint density at radius 2 is 1.80 bits per heavy atom. The molecule has 1 unspecified atom stereocenters. The standard InChI is InChI=1S/C26H45NO4.C2H4O2/c1-15-6-9-26(30-14-15)16(2)24-19-4-5-22(21(12-27)20(19)11-23(24)31-26)25(3)8-7-18(29)10-17(25)13-28;1-2(3)4/h15-24,28-29H,4-14,27H2,1-3H3;1H3,(H,3,4)/t15?,16-,17+,18-,19-,20+,21-,22-,23-,24+,25-,26+;/m0./s1. The maximum absolute atomic E-state index is 10.2. The van der Waals surface area contributed by atoms with E-state index in [-0.39, 0.29) is 29.8 Å². The van der Waals surface area contributed by atoms with Crippen LogP contribution >= 0.6 is 0 Å². The Bertz CT molecular complexity index is 735. The Morgan fingerprint density at radius 1 is 1.09 bits per heavy atom. The SMILES string of the molecule is CC(=O)O.CC1CC[C@@]2(OC1)O[C@H]1C[C@@H]3[C@H](CC[C@H]([C@@]4(C)CC[C@H](O)C[C@@H]4CO)[C@H]3CN)[C@H]1[C@@H]2C. The Kier molecular flexibility index (Phi) is 8.24. The zero-order chi connectivity index (χ0) is 25.5. The zero-order valence-corrected chi connectivity index (χ0v) is 22.2. The molecule has 7 nitrogen and oxygen atoms in total. The molecule has 0 aromatic rings. The molecule has 3 aliphatic carbocycles. The monoisotopic (exact) mass is 495 g/mol. The minimum atomic E-state index is -0.833. The third-order valence-corrected chi connectivity index (χ3v) is 10.9. The van der Waals surface area contributed by atoms with E-state index in [0.717, 1.165) is 52.2 Å². The first-order chi connectivity index (χ1) is 16.6. The fourth-order valence-corrected chi connectivity index (χ4v) is 9.09. The lowest BCUT2D eigenvalue weighted by molar-refractivity contribution is -0.271. The van der Waals surface area contributed by atoms with Crippen LogP contribution in [-0.4, -0.2) is 59.0 Å². The van der Waals surface area contributed by atoms with Gasteiger partial charge in [-0.15, -0.1) is 0 Å². The lowest BCUT2D eigenvalue weighted by Crippen LogP contribution is -2.52. The van der Waals surface area contributed by atoms with Gasteiger partial charge < -0.3 is 30.5 Å². The molecule has 2 heterocycles. The first-order valence-electron chi connectivity index (χ1n) is 14.1. The van der Waals surface area contributed by atoms with Crippen molar-refractivity contribution in [2.45, 2.75) is 97.1 Å². The van der Waals surface area contributed by atoms with Gasteiger partial charge >= 0.3 is 0 Å². The molecule has 0 bridgehead atoms. The number of hydrogen-bond acceptors (Lipinski definition) is 6. The average molecular weight is 496 g/mol. The topological polar surface area (TPSA) is 122 Å². The van der Waals surface area contributed by atoms with Crippen molar-refractivity contribution in [1.82, 2.24) is 0 Å². The Morgan fingerprint density at radius 3 is 2.40 bits per heavy atom. The summed E-state index contributed by atoms with van der Waals surface area (Å²) in [5.74, 6) is 3.07. The Balaban J connectivity index is 0.000000672. The highest BCUT2D eigenvalue weighted by molar-refractivity contribution is 5.62. The molecule has 0 aromatic carbocycles. The van der Waals surface area contributed by atoms with Crippen molar-refractivity contribution in [3.63, 3.8) is 0 Å². The minimum Gasteiger partial charge on any atom is -0.481 e. The van der Waals surface area contributed by atoms with Gasteiger partial charge in [0.2, 0.25) is 0 Å². The summed E-state index contributed by atoms with van der Waals surface area (Å²) >= 11 is 0. The van der Waals surface area contributed by atoms with Gasteiger partial charge in [0.1, 0.15) is 0 Å². The van der Waals surface area contributed by atoms with E-state index < -0.39 is 5.97 Å². The molecular weight excluding hydrogens is 446 g/mol. The van der Waals surface area contributed by atoms with E-state index in [1.807, 2.05) is 0 Å². The van der Waals surface area contributed by atoms with Crippen molar-refractivity contribution in [3.8, 4) is 0 Å². The van der Waals surface area contributed by atoms with Crippen LogP contribution < -0.4 is 5.73 Å². The number of rotatable bonds is 3. The fraction of sp³-hybridized carbons (Fsp3) is 0.964. The van der Waals surface area contributed by atoms with Crippen molar-refractivity contribution in [2.24, 2.45) is 58.5 Å². The van der Waals surface area contributed by atoms with Gasteiger partial charge in [-0.3, -0.25) is 4.79 Å². The molecule has 5 N–H and O–H groups in total. The molecular formula is C28H49NO6. The van der Waals surface area contributed by atoms with Crippen LogP contribution in [0, 0.1) is 52.8 Å². The second kappa shape index (κ2) is 10.6. The molecule has 1 spiro atoms. The number of carboxylic acid groups (broad SMARTS) is 1. The smallest absolute Gasteiger partial charge is 0.300 e. The second-order valence-electron chi connectivity index (χ2n) is 12.8. The highest BCUT2D eigenvalue weighted by Gasteiger charge is 2.64. The maximum Gasteiger partial charge on any atom is 0.300 e. The van der Waals surface area contributed by atoms with E-state index in [0.29, 0.717) is 47.5 Å². The lowest BCUT2D eigenvalue weighted by atomic mass is 9.51. The first kappa shape index (κ1) is 27.3. The number of carbonyl (C=O) groups is 1. The van der Waals surface area contributed by atoms with Gasteiger partial charge in [0.15, 0.2) is 5.79 Å². The van der Waals surface area contributed by atoms with Gasteiger partial charge in [0, 0.05) is 25.9 Å². The molecule has 202 valence electrons. The van der Waals surface area contributed by atoms with Gasteiger partial charge in [-0.05, 0) is 98.3 Å². The molecule has 5 fully saturated rings. The number of aliphatic carboxylic acids is 1. The number of aliphatic hydroxyl groups is 2. The van der Waals surface area contributed by atoms with E-state index in [1.165, 1.54) is 19.3 Å². The number of hydrogen-bond donors (Lipinski definition) is 4. The average Bonchev–Trinajstić information content (AvgIpc) is 3.30. The third-order valence-electron chi connectivity index (χ3n) is 10.9. The summed E-state index contributed by atoms with van der Waals surface area (Å²) in [6.07, 6.45) is 8.49. The van der Waals surface area contributed by atoms with Gasteiger partial charge in [-0.2, -0.15) is 0 Å². The maximum atomic E-state index is 10.2. The minimum absolute atomic E-state index is 0.0804. The van der Waals surface area contributed by atoms with Crippen molar-refractivity contribution < 1.29 is 29.6 Å². The first-order valence-corrected chi connectivity index (χ1v) is 14.1. The van der Waals surface area contributed by atoms with Crippen molar-refractivity contribution in [2.75, 3.05) is 19.8 Å². The van der Waals surface area contributed by atoms with Gasteiger partial charge in [-0.25, -0.2) is 0 Å². The van der Waals surface area contributed by atoms with Crippen LogP contribution in [-0.2, 0) is 14.3 Å². The third kappa shape index (κ3) is 4.93. The van der Waals surface area contributed by atoms with Crippen molar-refractivity contribution >= 4 is 5.97 Å². The van der Waals surface area contributed by atoms with Crippen LogP contribution in [0.2, 0.25) is 0 Å². The molecule has 0 radical (unpaired) electrons. The molecule has 35 heavy (non-hydrogen) atoms. The number of nitrogens with two attached hydrogens (primary N) is 1. The van der Waals surface area contributed by atoms with E-state index in [4.69, 9.17) is 25.1 Å². The number of fused-ring (bicyclic) bond motifs is 3. The van der Waals surface area contributed by atoms with Crippen molar-refractivity contribution in [3.05, 3.63) is 0 Å². The summed E-state index contributed by atoms with van der Waals surface area (Å²) < 4.78 is 13.2. The second-order valence-corrected chi connectivity index (χ2v) is 12.8. The Labute approximate surface area is 211 Å². The molecule has 12 atom stereocenters. The van der Waals surface area contributed by atoms with Crippen LogP contribution in [0.25, 0.3) is 0 Å².